The van der Waals surface area contributed by atoms with Crippen molar-refractivity contribution in [1.82, 2.24) is 39.9 Å². The molecule has 0 atom stereocenters. The van der Waals surface area contributed by atoms with Gasteiger partial charge < -0.3 is 9.47 Å². The number of nitrogens with zero attached hydrogens (tertiary/aromatic N) is 7. The largest absolute Gasteiger partial charge is 0.304 e. The topological polar surface area (TPSA) is 80.4 Å². The summed E-state index contributed by atoms with van der Waals surface area (Å²) < 4.78 is 2.65. The summed E-state index contributed by atoms with van der Waals surface area (Å²) in [6.07, 6.45) is 1.02. The van der Waals surface area contributed by atoms with Crippen molar-refractivity contribution in [3.05, 3.63) is 40.9 Å². The van der Waals surface area contributed by atoms with Gasteiger partial charge in [0.15, 0.2) is 10.6 Å². The maximum Gasteiger partial charge on any atom is 0.204 e. The van der Waals surface area contributed by atoms with E-state index in [1.54, 1.807) is 4.80 Å². The lowest BCUT2D eigenvalue weighted by atomic mass is 10.2. The van der Waals surface area contributed by atoms with Crippen molar-refractivity contribution in [2.75, 3.05) is 19.6 Å². The molecule has 0 saturated carbocycles. The summed E-state index contributed by atoms with van der Waals surface area (Å²) >= 11 is 5.37. The Morgan fingerprint density at radius 1 is 1.15 bits per heavy atom. The molecule has 0 aliphatic rings. The predicted octanol–water partition coefficient (Wildman–Crippen LogP) is 2.37. The van der Waals surface area contributed by atoms with Crippen molar-refractivity contribution < 1.29 is 0 Å². The second-order valence-corrected chi connectivity index (χ2v) is 6.37. The third kappa shape index (κ3) is 4.41. The number of hydrogen-bond donors (Lipinski definition) is 1. The number of benzene rings is 1. The first-order valence-corrected chi connectivity index (χ1v) is 9.31. The Morgan fingerprint density at radius 2 is 1.92 bits per heavy atom. The second kappa shape index (κ2) is 8.81. The SMILES string of the molecule is CCN(CC)CCCn1c(Cn2nnc(-c3ccccc3)n2)n[nH]c1=S. The van der Waals surface area contributed by atoms with Crippen molar-refractivity contribution in [2.45, 2.75) is 33.4 Å². The molecule has 0 fully saturated rings. The monoisotopic (exact) mass is 372 g/mol. The third-order valence-corrected chi connectivity index (χ3v) is 4.67. The first-order valence-electron chi connectivity index (χ1n) is 8.91. The molecule has 1 N–H and O–H groups in total. The molecule has 3 rings (SSSR count). The van der Waals surface area contributed by atoms with Gasteiger partial charge in [-0.05, 0) is 43.5 Å². The Bertz CT molecular complexity index is 862. The molecule has 0 radical (unpaired) electrons. The van der Waals surface area contributed by atoms with E-state index < -0.39 is 0 Å². The van der Waals surface area contributed by atoms with Gasteiger partial charge in [-0.2, -0.15) is 9.90 Å². The maximum atomic E-state index is 5.37. The minimum absolute atomic E-state index is 0.429. The molecule has 0 unspecified atom stereocenters. The molecule has 0 spiro atoms. The zero-order valence-electron chi connectivity index (χ0n) is 15.2. The molecule has 9 heteroatoms. The van der Waals surface area contributed by atoms with Gasteiger partial charge in [-0.25, -0.2) is 0 Å². The van der Waals surface area contributed by atoms with Crippen LogP contribution in [0.15, 0.2) is 30.3 Å². The molecule has 2 aromatic heterocycles. The molecule has 8 nitrogen and oxygen atoms in total. The van der Waals surface area contributed by atoms with E-state index in [9.17, 15) is 0 Å². The second-order valence-electron chi connectivity index (χ2n) is 5.99. The van der Waals surface area contributed by atoms with Crippen LogP contribution in [0.5, 0.6) is 0 Å². The Morgan fingerprint density at radius 3 is 2.65 bits per heavy atom. The van der Waals surface area contributed by atoms with Crippen LogP contribution in [0.25, 0.3) is 11.4 Å². The van der Waals surface area contributed by atoms with E-state index in [-0.39, 0.29) is 0 Å². The molecular weight excluding hydrogens is 348 g/mol. The Kier molecular flexibility index (Phi) is 6.24. The summed E-state index contributed by atoms with van der Waals surface area (Å²) in [5.74, 6) is 1.42. The van der Waals surface area contributed by atoms with Gasteiger partial charge in [0.1, 0.15) is 6.54 Å². The Hall–Kier alpha value is -2.39. The van der Waals surface area contributed by atoms with E-state index in [2.05, 4.69) is 44.4 Å². The number of rotatable bonds is 9. The van der Waals surface area contributed by atoms with Crippen molar-refractivity contribution in [3.8, 4) is 11.4 Å². The van der Waals surface area contributed by atoms with Crippen molar-refractivity contribution >= 4 is 12.2 Å². The first-order chi connectivity index (χ1) is 12.7. The molecule has 2 heterocycles. The van der Waals surface area contributed by atoms with E-state index in [4.69, 9.17) is 12.2 Å². The fourth-order valence-corrected chi connectivity index (χ4v) is 3.08. The Labute approximate surface area is 157 Å². The molecule has 3 aromatic rings. The zero-order valence-corrected chi connectivity index (χ0v) is 16.0. The minimum atomic E-state index is 0.429. The smallest absolute Gasteiger partial charge is 0.204 e. The van der Waals surface area contributed by atoms with Crippen LogP contribution in [0.2, 0.25) is 0 Å². The lowest BCUT2D eigenvalue weighted by molar-refractivity contribution is 0.292. The van der Waals surface area contributed by atoms with Gasteiger partial charge in [0.25, 0.3) is 0 Å². The van der Waals surface area contributed by atoms with Gasteiger partial charge in [-0.3, -0.25) is 5.10 Å². The van der Waals surface area contributed by atoms with Gasteiger partial charge in [0, 0.05) is 12.1 Å². The van der Waals surface area contributed by atoms with Crippen molar-refractivity contribution in [3.63, 3.8) is 0 Å². The minimum Gasteiger partial charge on any atom is -0.304 e. The molecule has 0 aliphatic heterocycles. The van der Waals surface area contributed by atoms with E-state index in [1.165, 1.54) is 0 Å². The highest BCUT2D eigenvalue weighted by Crippen LogP contribution is 2.12. The maximum absolute atomic E-state index is 5.37. The van der Waals surface area contributed by atoms with Crippen LogP contribution in [0.3, 0.4) is 0 Å². The molecule has 26 heavy (non-hydrogen) atoms. The quantitative estimate of drug-likeness (QED) is 0.581. The number of hydrogen-bond acceptors (Lipinski definition) is 6. The van der Waals surface area contributed by atoms with Crippen LogP contribution in [0.1, 0.15) is 26.1 Å². The normalized spacial score (nSPS) is 11.3. The molecule has 0 amide bonds. The highest BCUT2D eigenvalue weighted by atomic mass is 32.1. The van der Waals surface area contributed by atoms with Crippen molar-refractivity contribution in [1.29, 1.82) is 0 Å². The Balaban J connectivity index is 1.67. The van der Waals surface area contributed by atoms with E-state index in [0.717, 1.165) is 44.0 Å². The predicted molar refractivity (Wildman–Crippen MR) is 102 cm³/mol. The fourth-order valence-electron chi connectivity index (χ4n) is 2.83. The number of aromatic nitrogens is 7. The number of H-pyrrole nitrogens is 1. The van der Waals surface area contributed by atoms with Crippen LogP contribution in [0, 0.1) is 4.77 Å². The zero-order chi connectivity index (χ0) is 18.4. The van der Waals surface area contributed by atoms with Gasteiger partial charge in [-0.1, -0.05) is 44.2 Å². The number of aromatic amines is 1. The van der Waals surface area contributed by atoms with Gasteiger partial charge >= 0.3 is 0 Å². The summed E-state index contributed by atoms with van der Waals surface area (Å²) in [6.45, 7) is 8.77. The molecule has 1 aromatic carbocycles. The highest BCUT2D eigenvalue weighted by Gasteiger charge is 2.11. The molecular formula is C17H24N8S. The number of nitrogens with one attached hydrogen (secondary N) is 1. The van der Waals surface area contributed by atoms with Crippen LogP contribution in [-0.2, 0) is 13.1 Å². The van der Waals surface area contributed by atoms with Crippen LogP contribution < -0.4 is 0 Å². The lowest BCUT2D eigenvalue weighted by Gasteiger charge is -2.17. The summed E-state index contributed by atoms with van der Waals surface area (Å²) in [7, 11) is 0. The molecule has 138 valence electrons. The summed E-state index contributed by atoms with van der Waals surface area (Å²) in [4.78, 5) is 3.95. The molecule has 0 saturated heterocycles. The van der Waals surface area contributed by atoms with Gasteiger partial charge in [-0.15, -0.1) is 10.2 Å². The fraction of sp³-hybridized carbons (Fsp3) is 0.471. The third-order valence-electron chi connectivity index (χ3n) is 4.36. The van der Waals surface area contributed by atoms with E-state index >= 15 is 0 Å². The summed E-state index contributed by atoms with van der Waals surface area (Å²) in [5, 5.41) is 19.9. The van der Waals surface area contributed by atoms with Gasteiger partial charge in [0.05, 0.1) is 0 Å². The molecule has 0 bridgehead atoms. The lowest BCUT2D eigenvalue weighted by Crippen LogP contribution is -2.25. The van der Waals surface area contributed by atoms with Crippen LogP contribution in [0.4, 0.5) is 0 Å². The van der Waals surface area contributed by atoms with Gasteiger partial charge in [0.2, 0.25) is 5.82 Å². The highest BCUT2D eigenvalue weighted by molar-refractivity contribution is 7.71. The van der Waals surface area contributed by atoms with Crippen LogP contribution >= 0.6 is 12.2 Å². The average Bonchev–Trinajstić information content (AvgIpc) is 3.28. The van der Waals surface area contributed by atoms with Crippen molar-refractivity contribution in [2.24, 2.45) is 0 Å². The molecule has 0 aliphatic carbocycles. The number of tetrazole rings is 1. The standard InChI is InChI=1S/C17H24N8S/c1-3-23(4-2)11-8-12-24-15(18-20-17(24)26)13-25-21-16(19-22-25)14-9-6-5-7-10-14/h5-7,9-10H,3-4,8,11-13H2,1-2H3,(H,20,26). The van der Waals surface area contributed by atoms with E-state index in [0.29, 0.717) is 17.1 Å². The average molecular weight is 373 g/mol. The summed E-state index contributed by atoms with van der Waals surface area (Å²) in [5.41, 5.74) is 0.942. The first kappa shape index (κ1) is 18.4. The van der Waals surface area contributed by atoms with E-state index in [1.807, 2.05) is 34.9 Å². The summed E-state index contributed by atoms with van der Waals surface area (Å²) in [6, 6.07) is 9.80. The van der Waals surface area contributed by atoms with Crippen LogP contribution in [-0.4, -0.2) is 59.5 Å².